The summed E-state index contributed by atoms with van der Waals surface area (Å²) in [5.74, 6) is 7.87. The van der Waals surface area contributed by atoms with Gasteiger partial charge >= 0.3 is 0 Å². The molecule has 0 amide bonds. The van der Waals surface area contributed by atoms with E-state index in [-0.39, 0.29) is 5.41 Å². The third-order valence-electron chi connectivity index (χ3n) is 5.98. The molecule has 1 saturated heterocycles. The molecule has 3 heterocycles. The molecule has 2 N–H and O–H groups in total. The van der Waals surface area contributed by atoms with Gasteiger partial charge in [-0.1, -0.05) is 48.1 Å². The molecule has 1 fully saturated rings. The number of benzene rings is 1. The fraction of sp³-hybridized carbons (Fsp3) is 0.292. The Morgan fingerprint density at radius 3 is 2.79 bits per heavy atom. The van der Waals surface area contributed by atoms with Gasteiger partial charge in [0.05, 0.1) is 18.6 Å². The van der Waals surface area contributed by atoms with Gasteiger partial charge in [-0.25, -0.2) is 4.99 Å². The number of aliphatic imine (C=N–C) groups is 1. The molecule has 29 heavy (non-hydrogen) atoms. The Hall–Kier alpha value is -2.68. The van der Waals surface area contributed by atoms with E-state index in [2.05, 4.69) is 42.2 Å². The highest BCUT2D eigenvalue weighted by atomic mass is 32.2. The van der Waals surface area contributed by atoms with Gasteiger partial charge in [0.1, 0.15) is 17.9 Å². The zero-order valence-corrected chi connectivity index (χ0v) is 17.1. The molecule has 1 unspecified atom stereocenters. The third kappa shape index (κ3) is 2.87. The van der Waals surface area contributed by atoms with E-state index in [0.29, 0.717) is 25.0 Å². The molecule has 1 aromatic carbocycles. The number of nitrogens with zero attached hydrogens (tertiary/aromatic N) is 1. The molecule has 146 valence electrons. The molecule has 5 rings (SSSR count). The molecule has 0 bridgehead atoms. The fourth-order valence-corrected chi connectivity index (χ4v) is 5.44. The van der Waals surface area contributed by atoms with Gasteiger partial charge in [0.15, 0.2) is 5.17 Å². The van der Waals surface area contributed by atoms with Crippen LogP contribution in [0.15, 0.2) is 65.2 Å². The largest absolute Gasteiger partial charge is 0.492 e. The second-order valence-electron chi connectivity index (χ2n) is 7.71. The normalized spacial score (nSPS) is 29.1. The number of fused-ring (bicyclic) bond motifs is 3. The van der Waals surface area contributed by atoms with Crippen LogP contribution in [0.2, 0.25) is 0 Å². The lowest BCUT2D eigenvalue weighted by molar-refractivity contribution is -0.176. The van der Waals surface area contributed by atoms with E-state index in [0.717, 1.165) is 33.8 Å². The van der Waals surface area contributed by atoms with Crippen LogP contribution in [0.3, 0.4) is 0 Å². The molecule has 4 aliphatic rings. The summed E-state index contributed by atoms with van der Waals surface area (Å²) in [4.78, 5) is 4.98. The smallest absolute Gasteiger partial charge is 0.154 e. The number of hydrogen-bond donors (Lipinski definition) is 1. The molecule has 0 radical (unpaired) electrons. The first-order chi connectivity index (χ1) is 14.2. The minimum absolute atomic E-state index is 0.139. The molecule has 1 aromatic rings. The van der Waals surface area contributed by atoms with E-state index in [1.807, 2.05) is 31.2 Å². The first-order valence-corrected chi connectivity index (χ1v) is 10.7. The summed E-state index contributed by atoms with van der Waals surface area (Å²) in [6, 6.07) is 6.39. The zero-order valence-electron chi connectivity index (χ0n) is 16.3. The molecule has 0 aromatic heterocycles. The average molecular weight is 403 g/mol. The van der Waals surface area contributed by atoms with E-state index >= 15 is 0 Å². The predicted octanol–water partition coefficient (Wildman–Crippen LogP) is 3.81. The van der Waals surface area contributed by atoms with Crippen molar-refractivity contribution in [3.63, 3.8) is 0 Å². The van der Waals surface area contributed by atoms with Crippen molar-refractivity contribution in [1.29, 1.82) is 0 Å². The molecule has 2 spiro atoms. The van der Waals surface area contributed by atoms with Crippen molar-refractivity contribution in [2.75, 3.05) is 25.6 Å². The lowest BCUT2D eigenvalue weighted by atomic mass is 9.64. The minimum Gasteiger partial charge on any atom is -0.492 e. The maximum atomic E-state index is 6.17. The van der Waals surface area contributed by atoms with Gasteiger partial charge < -0.3 is 15.2 Å². The summed E-state index contributed by atoms with van der Waals surface area (Å²) in [6.07, 6.45) is 12.3. The number of allylic oxidation sites excluding steroid dienone is 8. The summed E-state index contributed by atoms with van der Waals surface area (Å²) in [7, 11) is 0. The van der Waals surface area contributed by atoms with E-state index in [4.69, 9.17) is 20.2 Å². The van der Waals surface area contributed by atoms with Gasteiger partial charge in [-0.3, -0.25) is 0 Å². The van der Waals surface area contributed by atoms with Gasteiger partial charge in [0.2, 0.25) is 0 Å². The maximum Gasteiger partial charge on any atom is 0.154 e. The molecule has 5 heteroatoms. The van der Waals surface area contributed by atoms with Gasteiger partial charge in [-0.05, 0) is 42.3 Å². The van der Waals surface area contributed by atoms with Crippen molar-refractivity contribution in [1.82, 2.24) is 0 Å². The van der Waals surface area contributed by atoms with Crippen LogP contribution in [0.1, 0.15) is 18.1 Å². The van der Waals surface area contributed by atoms with Crippen molar-refractivity contribution in [3.8, 4) is 17.6 Å². The highest BCUT2D eigenvalue weighted by Gasteiger charge is 2.62. The van der Waals surface area contributed by atoms with Crippen molar-refractivity contribution in [2.45, 2.75) is 12.5 Å². The van der Waals surface area contributed by atoms with Gasteiger partial charge in [-0.2, -0.15) is 0 Å². The Kier molecular flexibility index (Phi) is 4.42. The van der Waals surface area contributed by atoms with Crippen LogP contribution in [0.25, 0.3) is 5.57 Å². The maximum absolute atomic E-state index is 6.17. The Bertz CT molecular complexity index is 1080. The van der Waals surface area contributed by atoms with Gasteiger partial charge in [0.25, 0.3) is 0 Å². The summed E-state index contributed by atoms with van der Waals surface area (Å²) in [6.45, 7) is 3.77. The highest BCUT2D eigenvalue weighted by molar-refractivity contribution is 8.14. The first kappa shape index (κ1) is 18.4. The Labute approximate surface area is 175 Å². The van der Waals surface area contributed by atoms with Gasteiger partial charge in [0, 0.05) is 16.9 Å². The first-order valence-electron chi connectivity index (χ1n) is 9.69. The number of hydrogen-bond acceptors (Lipinski definition) is 5. The van der Waals surface area contributed by atoms with Crippen LogP contribution in [-0.4, -0.2) is 30.7 Å². The van der Waals surface area contributed by atoms with Crippen LogP contribution < -0.4 is 10.5 Å². The molecule has 3 aliphatic heterocycles. The van der Waals surface area contributed by atoms with Crippen LogP contribution >= 0.6 is 11.8 Å². The summed E-state index contributed by atoms with van der Waals surface area (Å²) >= 11 is 1.62. The second kappa shape index (κ2) is 6.98. The van der Waals surface area contributed by atoms with Crippen molar-refractivity contribution in [3.05, 3.63) is 71.4 Å². The Morgan fingerprint density at radius 2 is 2.07 bits per heavy atom. The van der Waals surface area contributed by atoms with Crippen LogP contribution in [-0.2, 0) is 10.3 Å². The quantitative estimate of drug-likeness (QED) is 0.726. The highest BCUT2D eigenvalue weighted by Crippen LogP contribution is 2.58. The summed E-state index contributed by atoms with van der Waals surface area (Å²) < 4.78 is 11.8. The van der Waals surface area contributed by atoms with E-state index in [9.17, 15) is 0 Å². The SMILES string of the molecule is CC#CC1=C/C(c2ccc3c(c2)C2(CSC(N)=N2)C2(COC2)CO3)=C\C=C\C=C1. The monoisotopic (exact) mass is 402 g/mol. The number of nitrogens with two attached hydrogens (primary N) is 1. The van der Waals surface area contributed by atoms with Crippen LogP contribution in [0.4, 0.5) is 0 Å². The number of thioether (sulfide) groups is 1. The molecular weight excluding hydrogens is 380 g/mol. The lowest BCUT2D eigenvalue weighted by Crippen LogP contribution is -2.62. The summed E-state index contributed by atoms with van der Waals surface area (Å²) in [5, 5.41) is 0.646. The third-order valence-corrected chi connectivity index (χ3v) is 6.93. The number of rotatable bonds is 1. The fourth-order valence-electron chi connectivity index (χ4n) is 4.34. The topological polar surface area (TPSA) is 56.8 Å². The number of ether oxygens (including phenoxy) is 2. The Balaban J connectivity index is 1.64. The average Bonchev–Trinajstić information content (AvgIpc) is 3.05. The lowest BCUT2D eigenvalue weighted by Gasteiger charge is -2.54. The molecular formula is C24H22N2O2S. The van der Waals surface area contributed by atoms with E-state index in [1.165, 1.54) is 0 Å². The van der Waals surface area contributed by atoms with Gasteiger partial charge in [-0.15, -0.1) is 5.92 Å². The second-order valence-corrected chi connectivity index (χ2v) is 8.71. The van der Waals surface area contributed by atoms with Crippen LogP contribution in [0, 0.1) is 17.3 Å². The molecule has 4 nitrogen and oxygen atoms in total. The Morgan fingerprint density at radius 1 is 1.17 bits per heavy atom. The summed E-state index contributed by atoms with van der Waals surface area (Å²) in [5.41, 5.74) is 9.92. The van der Waals surface area contributed by atoms with Crippen molar-refractivity contribution >= 4 is 22.5 Å². The van der Waals surface area contributed by atoms with Crippen molar-refractivity contribution in [2.24, 2.45) is 16.1 Å². The van der Waals surface area contributed by atoms with Crippen LogP contribution in [0.5, 0.6) is 5.75 Å². The van der Waals surface area contributed by atoms with Crippen molar-refractivity contribution < 1.29 is 9.47 Å². The molecule has 0 saturated carbocycles. The van der Waals surface area contributed by atoms with E-state index in [1.54, 1.807) is 11.8 Å². The molecule has 1 atom stereocenters. The standard InChI is InChI=1S/C24H22N2O2S/c1-2-6-17-7-4-3-5-8-18(11-17)19-9-10-21-20(12-19)24(16-29-22(25)26-24)23(15-28-21)13-27-14-23/h3-5,7-12H,13-16H2,1H3,(H2,25,26)/b4-3?,5-3+,7-4?,8-5?,17-7?,17-11?,18-8+,18-11?. The van der Waals surface area contributed by atoms with E-state index < -0.39 is 5.54 Å². The predicted molar refractivity (Wildman–Crippen MR) is 119 cm³/mol. The minimum atomic E-state index is -0.392. The zero-order chi connectivity index (χ0) is 19.9. The molecule has 1 aliphatic carbocycles. The number of amidine groups is 1.